The molecular formula is C14H20BrN3O2. The van der Waals surface area contributed by atoms with Gasteiger partial charge < -0.3 is 10.2 Å². The first-order valence-corrected chi connectivity index (χ1v) is 7.86. The van der Waals surface area contributed by atoms with Gasteiger partial charge in [0.15, 0.2) is 0 Å². The molecule has 1 aromatic rings. The second-order valence-corrected chi connectivity index (χ2v) is 5.96. The Hall–Kier alpha value is -1.14. The van der Waals surface area contributed by atoms with Crippen molar-refractivity contribution in [1.29, 1.82) is 0 Å². The number of nitrogens with one attached hydrogen (secondary N) is 1. The Kier molecular flexibility index (Phi) is 5.79. The van der Waals surface area contributed by atoms with E-state index in [1.165, 1.54) is 50.9 Å². The van der Waals surface area contributed by atoms with Crippen LogP contribution in [0.15, 0.2) is 22.7 Å². The minimum Gasteiger partial charge on any atom is -0.383 e. The van der Waals surface area contributed by atoms with E-state index < -0.39 is 0 Å². The van der Waals surface area contributed by atoms with Gasteiger partial charge in [-0.15, -0.1) is 0 Å². The summed E-state index contributed by atoms with van der Waals surface area (Å²) < 4.78 is 0.738. The molecule has 1 N–H and O–H groups in total. The van der Waals surface area contributed by atoms with E-state index in [1.807, 2.05) is 0 Å². The van der Waals surface area contributed by atoms with Gasteiger partial charge in [0.25, 0.3) is 5.69 Å². The lowest BCUT2D eigenvalue weighted by atomic mass is 10.2. The number of non-ortho nitro benzene ring substituents is 1. The molecule has 1 fully saturated rings. The van der Waals surface area contributed by atoms with Crippen molar-refractivity contribution in [3.8, 4) is 0 Å². The molecule has 0 saturated carbocycles. The maximum absolute atomic E-state index is 10.7. The summed E-state index contributed by atoms with van der Waals surface area (Å²) in [5, 5.41) is 14.0. The smallest absolute Gasteiger partial charge is 0.270 e. The molecule has 1 aromatic carbocycles. The molecule has 1 heterocycles. The van der Waals surface area contributed by atoms with E-state index in [0.717, 1.165) is 23.2 Å². The average molecular weight is 342 g/mol. The van der Waals surface area contributed by atoms with E-state index in [9.17, 15) is 10.1 Å². The van der Waals surface area contributed by atoms with Gasteiger partial charge in [-0.25, -0.2) is 0 Å². The van der Waals surface area contributed by atoms with Gasteiger partial charge in [0.05, 0.1) is 4.92 Å². The normalized spacial score (nSPS) is 16.6. The van der Waals surface area contributed by atoms with Crippen LogP contribution in [0.1, 0.15) is 25.7 Å². The summed E-state index contributed by atoms with van der Waals surface area (Å²) in [5.74, 6) is 0. The average Bonchev–Trinajstić information content (AvgIpc) is 2.69. The fraction of sp³-hybridized carbons (Fsp3) is 0.571. The maximum atomic E-state index is 10.7. The molecule has 20 heavy (non-hydrogen) atoms. The highest BCUT2D eigenvalue weighted by molar-refractivity contribution is 9.10. The molecule has 2 rings (SSSR count). The van der Waals surface area contributed by atoms with Crippen LogP contribution in [0.2, 0.25) is 0 Å². The van der Waals surface area contributed by atoms with Gasteiger partial charge >= 0.3 is 0 Å². The van der Waals surface area contributed by atoms with Gasteiger partial charge in [-0.3, -0.25) is 10.1 Å². The first kappa shape index (κ1) is 15.3. The first-order chi connectivity index (χ1) is 9.66. The fourth-order valence-electron chi connectivity index (χ4n) is 2.47. The van der Waals surface area contributed by atoms with E-state index in [4.69, 9.17) is 0 Å². The van der Waals surface area contributed by atoms with Gasteiger partial charge in [0, 0.05) is 35.4 Å². The van der Waals surface area contributed by atoms with Crippen molar-refractivity contribution in [2.75, 3.05) is 31.5 Å². The molecular weight excluding hydrogens is 322 g/mol. The highest BCUT2D eigenvalue weighted by Crippen LogP contribution is 2.26. The number of anilines is 1. The topological polar surface area (TPSA) is 58.4 Å². The highest BCUT2D eigenvalue weighted by Gasteiger charge is 2.10. The zero-order valence-corrected chi connectivity index (χ0v) is 13.1. The van der Waals surface area contributed by atoms with Crippen LogP contribution >= 0.6 is 15.9 Å². The quantitative estimate of drug-likeness (QED) is 0.656. The van der Waals surface area contributed by atoms with E-state index in [-0.39, 0.29) is 10.6 Å². The molecule has 0 bridgehead atoms. The Morgan fingerprint density at radius 2 is 1.95 bits per heavy atom. The van der Waals surface area contributed by atoms with Gasteiger partial charge in [-0.2, -0.15) is 0 Å². The van der Waals surface area contributed by atoms with Crippen LogP contribution < -0.4 is 5.32 Å². The van der Waals surface area contributed by atoms with Crippen molar-refractivity contribution < 1.29 is 4.92 Å². The number of halogens is 1. The Morgan fingerprint density at radius 3 is 2.55 bits per heavy atom. The molecule has 0 atom stereocenters. The number of nitro groups is 1. The SMILES string of the molecule is O=[N+]([O-])c1ccc(NCCN2CCCCCC2)c(Br)c1. The summed E-state index contributed by atoms with van der Waals surface area (Å²) in [7, 11) is 0. The summed E-state index contributed by atoms with van der Waals surface area (Å²) in [6.07, 6.45) is 5.28. The van der Waals surface area contributed by atoms with Gasteiger partial charge in [0.1, 0.15) is 0 Å². The van der Waals surface area contributed by atoms with Crippen molar-refractivity contribution in [2.45, 2.75) is 25.7 Å². The van der Waals surface area contributed by atoms with Crippen LogP contribution in [0.25, 0.3) is 0 Å². The second kappa shape index (κ2) is 7.59. The van der Waals surface area contributed by atoms with E-state index in [2.05, 4.69) is 26.1 Å². The third-order valence-corrected chi connectivity index (χ3v) is 4.26. The Bertz CT molecular complexity index is 460. The standard InChI is InChI=1S/C14H20BrN3O2/c15-13-11-12(18(19)20)5-6-14(13)16-7-10-17-8-3-1-2-4-9-17/h5-6,11,16H,1-4,7-10H2. The lowest BCUT2D eigenvalue weighted by Gasteiger charge is -2.20. The zero-order valence-electron chi connectivity index (χ0n) is 11.5. The van der Waals surface area contributed by atoms with Crippen molar-refractivity contribution in [1.82, 2.24) is 4.90 Å². The predicted octanol–water partition coefficient (Wildman–Crippen LogP) is 3.65. The third-order valence-electron chi connectivity index (χ3n) is 3.61. The van der Waals surface area contributed by atoms with Gasteiger partial charge in [-0.05, 0) is 47.9 Å². The summed E-state index contributed by atoms with van der Waals surface area (Å²) in [5.41, 5.74) is 1.01. The number of benzene rings is 1. The molecule has 1 aliphatic heterocycles. The van der Waals surface area contributed by atoms with E-state index in [0.29, 0.717) is 0 Å². The number of likely N-dealkylation sites (tertiary alicyclic amines) is 1. The van der Waals surface area contributed by atoms with E-state index in [1.54, 1.807) is 6.07 Å². The summed E-state index contributed by atoms with van der Waals surface area (Å²) in [4.78, 5) is 12.8. The van der Waals surface area contributed by atoms with Crippen LogP contribution in [-0.4, -0.2) is 36.0 Å². The molecule has 1 saturated heterocycles. The largest absolute Gasteiger partial charge is 0.383 e. The van der Waals surface area contributed by atoms with Gasteiger partial charge in [0.2, 0.25) is 0 Å². The minimum absolute atomic E-state index is 0.106. The molecule has 110 valence electrons. The Balaban J connectivity index is 1.83. The van der Waals surface area contributed by atoms with Crippen LogP contribution in [0.3, 0.4) is 0 Å². The molecule has 0 unspecified atom stereocenters. The Morgan fingerprint density at radius 1 is 1.25 bits per heavy atom. The van der Waals surface area contributed by atoms with Crippen LogP contribution in [0, 0.1) is 10.1 Å². The summed E-state index contributed by atoms with van der Waals surface area (Å²) >= 11 is 3.37. The zero-order chi connectivity index (χ0) is 14.4. The number of hydrogen-bond donors (Lipinski definition) is 1. The predicted molar refractivity (Wildman–Crippen MR) is 84.2 cm³/mol. The molecule has 0 aliphatic carbocycles. The van der Waals surface area contributed by atoms with Crippen molar-refractivity contribution in [2.24, 2.45) is 0 Å². The molecule has 5 nitrogen and oxygen atoms in total. The van der Waals surface area contributed by atoms with Crippen LogP contribution in [0.4, 0.5) is 11.4 Å². The van der Waals surface area contributed by atoms with Crippen molar-refractivity contribution in [3.63, 3.8) is 0 Å². The lowest BCUT2D eigenvalue weighted by Crippen LogP contribution is -2.30. The molecule has 0 aromatic heterocycles. The van der Waals surface area contributed by atoms with E-state index >= 15 is 0 Å². The van der Waals surface area contributed by atoms with Crippen molar-refractivity contribution >= 4 is 27.3 Å². The lowest BCUT2D eigenvalue weighted by molar-refractivity contribution is -0.384. The minimum atomic E-state index is -0.383. The second-order valence-electron chi connectivity index (χ2n) is 5.10. The van der Waals surface area contributed by atoms with Crippen LogP contribution in [0.5, 0.6) is 0 Å². The summed E-state index contributed by atoms with van der Waals surface area (Å²) in [6.45, 7) is 4.24. The molecule has 1 aliphatic rings. The molecule has 0 spiro atoms. The third kappa shape index (κ3) is 4.45. The van der Waals surface area contributed by atoms with Crippen molar-refractivity contribution in [3.05, 3.63) is 32.8 Å². The number of nitrogens with zero attached hydrogens (tertiary/aromatic N) is 2. The highest BCUT2D eigenvalue weighted by atomic mass is 79.9. The number of hydrogen-bond acceptors (Lipinski definition) is 4. The molecule has 0 amide bonds. The first-order valence-electron chi connectivity index (χ1n) is 7.07. The molecule has 0 radical (unpaired) electrons. The monoisotopic (exact) mass is 341 g/mol. The van der Waals surface area contributed by atoms with Crippen LogP contribution in [-0.2, 0) is 0 Å². The maximum Gasteiger partial charge on any atom is 0.270 e. The summed E-state index contributed by atoms with van der Waals surface area (Å²) in [6, 6.07) is 4.82. The fourth-order valence-corrected chi connectivity index (χ4v) is 2.98. The molecule has 6 heteroatoms. The number of nitro benzene ring substituents is 1. The number of rotatable bonds is 5. The Labute approximate surface area is 127 Å². The van der Waals surface area contributed by atoms with Gasteiger partial charge in [-0.1, -0.05) is 12.8 Å².